The van der Waals surface area contributed by atoms with Crippen LogP contribution in [-0.2, 0) is 17.9 Å². The number of carbonyl (C=O) groups is 1. The molecule has 3 rings (SSSR count). The molecule has 2 aromatic heterocycles. The van der Waals surface area contributed by atoms with Crippen molar-refractivity contribution >= 4 is 16.8 Å². The lowest BCUT2D eigenvalue weighted by Gasteiger charge is -2.06. The summed E-state index contributed by atoms with van der Waals surface area (Å²) in [5.41, 5.74) is 0.428. The number of hydrogen-bond donors (Lipinski definition) is 2. The van der Waals surface area contributed by atoms with Crippen LogP contribution in [0.15, 0.2) is 47.5 Å². The molecule has 0 fully saturated rings. The van der Waals surface area contributed by atoms with Gasteiger partial charge in [0.25, 0.3) is 5.56 Å². The molecule has 0 saturated heterocycles. The van der Waals surface area contributed by atoms with Gasteiger partial charge in [-0.3, -0.25) is 14.3 Å². The van der Waals surface area contributed by atoms with E-state index in [0.29, 0.717) is 36.1 Å². The number of hydrogen-bond acceptors (Lipinski definition) is 4. The number of nitrogens with zero attached hydrogens (tertiary/aromatic N) is 3. The Morgan fingerprint density at radius 1 is 1.26 bits per heavy atom. The molecular formula is C16H17N5O2. The molecule has 0 unspecified atom stereocenters. The second-order valence-electron chi connectivity index (χ2n) is 5.18. The number of carbonyl (C=O) groups excluding carboxylic acids is 1. The Bertz CT molecular complexity index is 854. The number of aromatic nitrogens is 4. The maximum atomic E-state index is 11.9. The van der Waals surface area contributed by atoms with Crippen LogP contribution in [0.4, 0.5) is 0 Å². The van der Waals surface area contributed by atoms with E-state index in [1.165, 1.54) is 0 Å². The molecule has 7 nitrogen and oxygen atoms in total. The van der Waals surface area contributed by atoms with Crippen molar-refractivity contribution < 1.29 is 4.79 Å². The highest BCUT2D eigenvalue weighted by atomic mass is 16.1. The van der Waals surface area contributed by atoms with Crippen LogP contribution in [0.5, 0.6) is 0 Å². The number of rotatable bonds is 6. The number of H-pyrrole nitrogens is 1. The zero-order chi connectivity index (χ0) is 16.1. The molecule has 3 aromatic rings. The lowest BCUT2D eigenvalue weighted by atomic mass is 10.2. The number of nitrogens with one attached hydrogen (secondary N) is 2. The predicted octanol–water partition coefficient (Wildman–Crippen LogP) is 1.22. The number of aryl methyl sites for hydroxylation is 1. The first-order chi connectivity index (χ1) is 11.2. The molecule has 2 N–H and O–H groups in total. The fraction of sp³-hybridized carbons (Fsp3) is 0.250. The topological polar surface area (TPSA) is 92.7 Å². The lowest BCUT2D eigenvalue weighted by Crippen LogP contribution is -2.25. The Hall–Kier alpha value is -2.96. The summed E-state index contributed by atoms with van der Waals surface area (Å²) < 4.78 is 1.79. The van der Waals surface area contributed by atoms with E-state index in [2.05, 4.69) is 20.4 Å². The van der Waals surface area contributed by atoms with Crippen molar-refractivity contribution in [2.24, 2.45) is 0 Å². The average molecular weight is 311 g/mol. The highest BCUT2D eigenvalue weighted by molar-refractivity contribution is 5.77. The van der Waals surface area contributed by atoms with E-state index in [1.54, 1.807) is 29.1 Å². The van der Waals surface area contributed by atoms with Gasteiger partial charge in [0.15, 0.2) is 0 Å². The fourth-order valence-electron chi connectivity index (χ4n) is 2.32. The van der Waals surface area contributed by atoms with Gasteiger partial charge in [-0.15, -0.1) is 0 Å². The van der Waals surface area contributed by atoms with Gasteiger partial charge in [-0.05, 0) is 24.6 Å². The highest BCUT2D eigenvalue weighted by Gasteiger charge is 2.05. The Balaban J connectivity index is 1.53. The summed E-state index contributed by atoms with van der Waals surface area (Å²) in [7, 11) is 0. The van der Waals surface area contributed by atoms with Crippen molar-refractivity contribution in [3.63, 3.8) is 0 Å². The molecule has 2 heterocycles. The predicted molar refractivity (Wildman–Crippen MR) is 85.7 cm³/mol. The molecule has 7 heteroatoms. The quantitative estimate of drug-likeness (QED) is 0.716. The molecule has 1 aromatic carbocycles. The van der Waals surface area contributed by atoms with Gasteiger partial charge in [-0.2, -0.15) is 5.10 Å². The lowest BCUT2D eigenvalue weighted by molar-refractivity contribution is -0.121. The summed E-state index contributed by atoms with van der Waals surface area (Å²) >= 11 is 0. The van der Waals surface area contributed by atoms with E-state index in [-0.39, 0.29) is 18.0 Å². The third kappa shape index (κ3) is 3.82. The van der Waals surface area contributed by atoms with E-state index in [0.717, 1.165) is 0 Å². The van der Waals surface area contributed by atoms with Crippen molar-refractivity contribution in [2.75, 3.05) is 0 Å². The minimum atomic E-state index is -0.196. The van der Waals surface area contributed by atoms with Crippen LogP contribution in [0.2, 0.25) is 0 Å². The number of aromatic amines is 1. The minimum absolute atomic E-state index is 0.0760. The monoisotopic (exact) mass is 311 g/mol. The fourth-order valence-corrected chi connectivity index (χ4v) is 2.32. The summed E-state index contributed by atoms with van der Waals surface area (Å²) in [5, 5.41) is 7.39. The third-order valence-corrected chi connectivity index (χ3v) is 3.47. The van der Waals surface area contributed by atoms with Crippen LogP contribution in [0.25, 0.3) is 10.9 Å². The standard InChI is InChI=1S/C16H17N5O2/c22-15(7-3-9-21-10-4-8-18-21)17-11-14-19-13-6-2-1-5-12(13)16(23)20-14/h1-2,4-6,8,10H,3,7,9,11H2,(H,17,22)(H,19,20,23). The molecular weight excluding hydrogens is 294 g/mol. The second kappa shape index (κ2) is 6.87. The molecule has 118 valence electrons. The Morgan fingerprint density at radius 3 is 2.96 bits per heavy atom. The van der Waals surface area contributed by atoms with Gasteiger partial charge in [0.1, 0.15) is 5.82 Å². The molecule has 0 radical (unpaired) electrons. The van der Waals surface area contributed by atoms with Crippen molar-refractivity contribution in [2.45, 2.75) is 25.9 Å². The molecule has 0 aliphatic rings. The number of fused-ring (bicyclic) bond motifs is 1. The first-order valence-electron chi connectivity index (χ1n) is 7.44. The third-order valence-electron chi connectivity index (χ3n) is 3.47. The average Bonchev–Trinajstić information content (AvgIpc) is 3.06. The van der Waals surface area contributed by atoms with Crippen molar-refractivity contribution in [3.05, 3.63) is 58.9 Å². The van der Waals surface area contributed by atoms with Crippen molar-refractivity contribution in [1.82, 2.24) is 25.1 Å². The SMILES string of the molecule is O=C(CCCn1cccn1)NCc1nc2ccccc2c(=O)[nH]1. The summed E-state index contributed by atoms with van der Waals surface area (Å²) in [6.45, 7) is 0.909. The highest BCUT2D eigenvalue weighted by Crippen LogP contribution is 2.05. The largest absolute Gasteiger partial charge is 0.349 e. The zero-order valence-electron chi connectivity index (χ0n) is 12.5. The Kier molecular flexibility index (Phi) is 4.46. The summed E-state index contributed by atoms with van der Waals surface area (Å²) in [5.74, 6) is 0.377. The maximum Gasteiger partial charge on any atom is 0.258 e. The molecule has 0 bridgehead atoms. The van der Waals surface area contributed by atoms with Crippen LogP contribution < -0.4 is 10.9 Å². The van der Waals surface area contributed by atoms with Crippen LogP contribution in [-0.4, -0.2) is 25.7 Å². The zero-order valence-corrected chi connectivity index (χ0v) is 12.5. The molecule has 0 atom stereocenters. The number of amides is 1. The summed E-state index contributed by atoms with van der Waals surface area (Å²) in [6.07, 6.45) is 4.68. The van der Waals surface area contributed by atoms with Gasteiger partial charge in [0.2, 0.25) is 5.91 Å². The first kappa shape index (κ1) is 15.0. The first-order valence-corrected chi connectivity index (χ1v) is 7.44. The van der Waals surface area contributed by atoms with Crippen LogP contribution >= 0.6 is 0 Å². The molecule has 0 aliphatic heterocycles. The summed E-state index contributed by atoms with van der Waals surface area (Å²) in [4.78, 5) is 30.8. The van der Waals surface area contributed by atoms with Crippen molar-refractivity contribution in [1.29, 1.82) is 0 Å². The Morgan fingerprint density at radius 2 is 2.13 bits per heavy atom. The van der Waals surface area contributed by atoms with Crippen molar-refractivity contribution in [3.8, 4) is 0 Å². The molecule has 0 saturated carbocycles. The second-order valence-corrected chi connectivity index (χ2v) is 5.18. The van der Waals surface area contributed by atoms with Crippen LogP contribution in [0.3, 0.4) is 0 Å². The normalized spacial score (nSPS) is 10.8. The van der Waals surface area contributed by atoms with Crippen LogP contribution in [0.1, 0.15) is 18.7 Å². The molecule has 0 aliphatic carbocycles. The van der Waals surface area contributed by atoms with Gasteiger partial charge < -0.3 is 10.3 Å². The molecule has 0 spiro atoms. The van der Waals surface area contributed by atoms with Gasteiger partial charge in [-0.25, -0.2) is 4.98 Å². The number of para-hydroxylation sites is 1. The Labute approximate surface area is 132 Å². The number of benzene rings is 1. The maximum absolute atomic E-state index is 11.9. The van der Waals surface area contributed by atoms with Gasteiger partial charge in [0, 0.05) is 25.4 Å². The van der Waals surface area contributed by atoms with E-state index < -0.39 is 0 Å². The van der Waals surface area contributed by atoms with E-state index in [1.807, 2.05) is 18.3 Å². The van der Waals surface area contributed by atoms with Gasteiger partial charge in [-0.1, -0.05) is 12.1 Å². The van der Waals surface area contributed by atoms with Crippen LogP contribution in [0, 0.1) is 0 Å². The molecule has 23 heavy (non-hydrogen) atoms. The van der Waals surface area contributed by atoms with E-state index in [9.17, 15) is 9.59 Å². The van der Waals surface area contributed by atoms with Gasteiger partial charge >= 0.3 is 0 Å². The van der Waals surface area contributed by atoms with E-state index in [4.69, 9.17) is 0 Å². The van der Waals surface area contributed by atoms with Gasteiger partial charge in [0.05, 0.1) is 17.4 Å². The summed E-state index contributed by atoms with van der Waals surface area (Å²) in [6, 6.07) is 8.97. The van der Waals surface area contributed by atoms with E-state index >= 15 is 0 Å². The minimum Gasteiger partial charge on any atom is -0.349 e. The smallest absolute Gasteiger partial charge is 0.258 e. The molecule has 1 amide bonds.